The molecule has 2 aliphatic heterocycles. The van der Waals surface area contributed by atoms with Gasteiger partial charge in [-0.1, -0.05) is 31.2 Å². The first-order valence-electron chi connectivity index (χ1n) is 9.68. The van der Waals surface area contributed by atoms with Crippen LogP contribution in [0.25, 0.3) is 10.9 Å². The highest BCUT2D eigenvalue weighted by Gasteiger charge is 2.42. The standard InChI is InChI=1S/C22H21N3O4/c1-2-19(26)25-16(22(23)27)10-14-13-5-3-4-6-15(13)24-20(14)21(25)12-7-8-17-18(9-12)29-11-28-17/h3-9,16,21,24H,2,10-11H2,1H3,(H2,23,27)/t16-,21-/m1/s1. The van der Waals surface area contributed by atoms with Gasteiger partial charge in [0.1, 0.15) is 6.04 Å². The maximum Gasteiger partial charge on any atom is 0.240 e. The van der Waals surface area contributed by atoms with E-state index in [1.54, 1.807) is 11.8 Å². The highest BCUT2D eigenvalue weighted by atomic mass is 16.7. The highest BCUT2D eigenvalue weighted by molar-refractivity contribution is 5.92. The van der Waals surface area contributed by atoms with Gasteiger partial charge < -0.3 is 25.1 Å². The number of carbonyl (C=O) groups is 2. The van der Waals surface area contributed by atoms with E-state index in [1.807, 2.05) is 42.5 Å². The van der Waals surface area contributed by atoms with E-state index in [0.717, 1.165) is 27.7 Å². The first-order valence-corrected chi connectivity index (χ1v) is 9.68. The number of hydrogen-bond donors (Lipinski definition) is 2. The molecule has 7 nitrogen and oxygen atoms in total. The molecule has 0 bridgehead atoms. The normalized spacial score (nSPS) is 20.0. The van der Waals surface area contributed by atoms with Gasteiger partial charge in [0.15, 0.2) is 11.5 Å². The average Bonchev–Trinajstić information content (AvgIpc) is 3.35. The van der Waals surface area contributed by atoms with Gasteiger partial charge in [-0.05, 0) is 29.3 Å². The van der Waals surface area contributed by atoms with Gasteiger partial charge in [0.2, 0.25) is 18.6 Å². The molecule has 0 saturated carbocycles. The number of rotatable bonds is 3. The molecule has 2 amide bonds. The predicted octanol–water partition coefficient (Wildman–Crippen LogP) is 2.63. The monoisotopic (exact) mass is 391 g/mol. The Morgan fingerprint density at radius 1 is 1.17 bits per heavy atom. The van der Waals surface area contributed by atoms with Gasteiger partial charge in [-0.15, -0.1) is 0 Å². The van der Waals surface area contributed by atoms with Crippen LogP contribution in [0.4, 0.5) is 0 Å². The van der Waals surface area contributed by atoms with Crippen molar-refractivity contribution in [2.24, 2.45) is 5.73 Å². The number of primary amides is 1. The number of nitrogens with one attached hydrogen (secondary N) is 1. The van der Waals surface area contributed by atoms with Crippen LogP contribution in [-0.2, 0) is 16.0 Å². The lowest BCUT2D eigenvalue weighted by Crippen LogP contribution is -2.53. The van der Waals surface area contributed by atoms with Crippen LogP contribution >= 0.6 is 0 Å². The number of aromatic amines is 1. The molecule has 7 heteroatoms. The molecule has 0 unspecified atom stereocenters. The number of carbonyl (C=O) groups excluding carboxylic acids is 2. The summed E-state index contributed by atoms with van der Waals surface area (Å²) in [6.45, 7) is 1.96. The van der Waals surface area contributed by atoms with E-state index in [2.05, 4.69) is 4.98 Å². The van der Waals surface area contributed by atoms with Crippen molar-refractivity contribution < 1.29 is 19.1 Å². The summed E-state index contributed by atoms with van der Waals surface area (Å²) in [6, 6.07) is 12.4. The lowest BCUT2D eigenvalue weighted by Gasteiger charge is -2.41. The quantitative estimate of drug-likeness (QED) is 0.717. The summed E-state index contributed by atoms with van der Waals surface area (Å²) in [5, 5.41) is 1.04. The highest BCUT2D eigenvalue weighted by Crippen LogP contribution is 2.43. The second-order valence-electron chi connectivity index (χ2n) is 7.35. The lowest BCUT2D eigenvalue weighted by atomic mass is 9.87. The van der Waals surface area contributed by atoms with Crippen LogP contribution in [-0.4, -0.2) is 34.5 Å². The summed E-state index contributed by atoms with van der Waals surface area (Å²) in [7, 11) is 0. The van der Waals surface area contributed by atoms with E-state index in [9.17, 15) is 9.59 Å². The van der Waals surface area contributed by atoms with Crippen LogP contribution in [0.3, 0.4) is 0 Å². The number of nitrogens with zero attached hydrogens (tertiary/aromatic N) is 1. The second-order valence-corrected chi connectivity index (χ2v) is 7.35. The van der Waals surface area contributed by atoms with Gasteiger partial charge >= 0.3 is 0 Å². The van der Waals surface area contributed by atoms with Crippen molar-refractivity contribution in [3.63, 3.8) is 0 Å². The minimum Gasteiger partial charge on any atom is -0.454 e. The minimum atomic E-state index is -0.718. The van der Waals surface area contributed by atoms with Gasteiger partial charge in [0.05, 0.1) is 6.04 Å². The molecule has 2 aliphatic rings. The molecule has 29 heavy (non-hydrogen) atoms. The third-order valence-electron chi connectivity index (χ3n) is 5.76. The number of hydrogen-bond acceptors (Lipinski definition) is 4. The zero-order chi connectivity index (χ0) is 20.1. The topological polar surface area (TPSA) is 97.7 Å². The first kappa shape index (κ1) is 17.6. The molecule has 3 N–H and O–H groups in total. The molecule has 0 aliphatic carbocycles. The summed E-state index contributed by atoms with van der Waals surface area (Å²) in [5.41, 5.74) is 9.50. The van der Waals surface area contributed by atoms with Crippen molar-refractivity contribution in [2.45, 2.75) is 31.8 Å². The molecule has 0 saturated heterocycles. The first-order chi connectivity index (χ1) is 14.1. The summed E-state index contributed by atoms with van der Waals surface area (Å²) in [6.07, 6.45) is 0.669. The Bertz CT molecular complexity index is 1140. The number of para-hydroxylation sites is 1. The van der Waals surface area contributed by atoms with E-state index in [4.69, 9.17) is 15.2 Å². The summed E-state index contributed by atoms with van der Waals surface area (Å²) in [5.74, 6) is 0.667. The molecular formula is C22H21N3O4. The van der Waals surface area contributed by atoms with Crippen molar-refractivity contribution in [1.82, 2.24) is 9.88 Å². The van der Waals surface area contributed by atoms with Crippen LogP contribution in [0.2, 0.25) is 0 Å². The van der Waals surface area contributed by atoms with E-state index < -0.39 is 18.0 Å². The molecule has 2 aromatic carbocycles. The van der Waals surface area contributed by atoms with Crippen molar-refractivity contribution in [2.75, 3.05) is 6.79 Å². The molecule has 0 radical (unpaired) electrons. The van der Waals surface area contributed by atoms with Gasteiger partial charge in [-0.25, -0.2) is 0 Å². The van der Waals surface area contributed by atoms with Crippen molar-refractivity contribution in [3.05, 3.63) is 59.3 Å². The second kappa shape index (κ2) is 6.55. The van der Waals surface area contributed by atoms with E-state index in [0.29, 0.717) is 17.9 Å². The summed E-state index contributed by atoms with van der Waals surface area (Å²) < 4.78 is 11.0. The zero-order valence-electron chi connectivity index (χ0n) is 16.0. The molecule has 0 fully saturated rings. The number of nitrogens with two attached hydrogens (primary N) is 1. The molecule has 2 atom stereocenters. The molecule has 3 heterocycles. The summed E-state index contributed by atoms with van der Waals surface area (Å²) >= 11 is 0. The summed E-state index contributed by atoms with van der Waals surface area (Å²) in [4.78, 5) is 30.5. The zero-order valence-corrected chi connectivity index (χ0v) is 16.0. The van der Waals surface area contributed by atoms with Crippen molar-refractivity contribution in [3.8, 4) is 11.5 Å². The van der Waals surface area contributed by atoms with Crippen LogP contribution in [0.1, 0.15) is 36.2 Å². The predicted molar refractivity (Wildman–Crippen MR) is 107 cm³/mol. The fraction of sp³-hybridized carbons (Fsp3) is 0.273. The van der Waals surface area contributed by atoms with Crippen molar-refractivity contribution in [1.29, 1.82) is 0 Å². The number of fused-ring (bicyclic) bond motifs is 4. The fourth-order valence-corrected chi connectivity index (χ4v) is 4.43. The Kier molecular flexibility index (Phi) is 3.97. The Labute approximate surface area is 167 Å². The van der Waals surface area contributed by atoms with Crippen LogP contribution in [0, 0.1) is 0 Å². The Morgan fingerprint density at radius 2 is 1.97 bits per heavy atom. The van der Waals surface area contributed by atoms with Crippen LogP contribution in [0.15, 0.2) is 42.5 Å². The van der Waals surface area contributed by atoms with Gasteiger partial charge in [0.25, 0.3) is 0 Å². The lowest BCUT2D eigenvalue weighted by molar-refractivity contribution is -0.141. The molecular weight excluding hydrogens is 370 g/mol. The SMILES string of the molecule is CCC(=O)N1[C@H](c2ccc3c(c2)OCO3)c2[nH]c3ccccc3c2C[C@@H]1C(N)=O. The number of ether oxygens (including phenoxy) is 2. The number of amides is 2. The number of benzene rings is 2. The van der Waals surface area contributed by atoms with Gasteiger partial charge in [-0.2, -0.15) is 0 Å². The fourth-order valence-electron chi connectivity index (χ4n) is 4.43. The number of H-pyrrole nitrogens is 1. The Hall–Kier alpha value is -3.48. The maximum absolute atomic E-state index is 13.0. The third kappa shape index (κ3) is 2.65. The average molecular weight is 391 g/mol. The van der Waals surface area contributed by atoms with Crippen LogP contribution in [0.5, 0.6) is 11.5 Å². The minimum absolute atomic E-state index is 0.124. The van der Waals surface area contributed by atoms with Crippen molar-refractivity contribution >= 4 is 22.7 Å². The smallest absolute Gasteiger partial charge is 0.240 e. The molecule has 0 spiro atoms. The van der Waals surface area contributed by atoms with E-state index >= 15 is 0 Å². The number of aromatic nitrogens is 1. The van der Waals surface area contributed by atoms with Gasteiger partial charge in [0, 0.05) is 29.4 Å². The third-order valence-corrected chi connectivity index (χ3v) is 5.76. The van der Waals surface area contributed by atoms with E-state index in [1.165, 1.54) is 0 Å². The molecule has 3 aromatic rings. The largest absolute Gasteiger partial charge is 0.454 e. The van der Waals surface area contributed by atoms with E-state index in [-0.39, 0.29) is 19.1 Å². The van der Waals surface area contributed by atoms with Gasteiger partial charge in [-0.3, -0.25) is 9.59 Å². The Balaban J connectivity index is 1.75. The van der Waals surface area contributed by atoms with Crippen LogP contribution < -0.4 is 15.2 Å². The Morgan fingerprint density at radius 3 is 2.76 bits per heavy atom. The molecule has 5 rings (SSSR count). The molecule has 148 valence electrons. The molecule has 1 aromatic heterocycles. The maximum atomic E-state index is 13.0.